The van der Waals surface area contributed by atoms with Gasteiger partial charge >= 0.3 is 11.9 Å². The molecule has 8 rings (SSSR count). The molecule has 3 aliphatic carbocycles. The number of likely N-dealkylation sites (N-methyl/N-ethyl adjacent to an activating group) is 1. The molecule has 1 aromatic rings. The molecule has 1 amide bonds. The molecule has 1 aromatic carbocycles. The highest BCUT2D eigenvalue weighted by molar-refractivity contribution is 6.11. The lowest BCUT2D eigenvalue weighted by Gasteiger charge is -2.64. The number of amides is 1. The summed E-state index contributed by atoms with van der Waals surface area (Å²) in [5, 5.41) is 13.5. The SMILES string of the molecule is C=C(N)C(/C(N)=N\O)C1C2CC3C(C)(C)OC(C/C=C(/C)C(=O)OC)(C2=O)C32Oc3c(CC=C(C)C)c4c(c(OC(=O)CC(=O)N5CCN(C)CC5)c3C(=O)C12)C=CC(C)(CCC=C(C)C)O4. The molecule has 1 spiro atoms. The fraction of sp³-hybridized carbons (Fsp3) is 0.569. The van der Waals surface area contributed by atoms with Crippen molar-refractivity contribution in [1.29, 1.82) is 0 Å². The maximum Gasteiger partial charge on any atom is 0.333 e. The third-order valence-electron chi connectivity index (χ3n) is 14.9. The van der Waals surface area contributed by atoms with Crippen LogP contribution in [0.2, 0.25) is 0 Å². The summed E-state index contributed by atoms with van der Waals surface area (Å²) < 4.78 is 33.1. The Morgan fingerprint density at radius 3 is 2.28 bits per heavy atom. The van der Waals surface area contributed by atoms with Crippen molar-refractivity contribution in [3.63, 3.8) is 0 Å². The number of benzene rings is 1. The molecular formula is C51H67N5O11. The monoisotopic (exact) mass is 925 g/mol. The van der Waals surface area contributed by atoms with E-state index in [1.807, 2.05) is 67.7 Å². The van der Waals surface area contributed by atoms with Crippen molar-refractivity contribution in [2.75, 3.05) is 40.3 Å². The van der Waals surface area contributed by atoms with Crippen LogP contribution in [-0.4, -0.2) is 113 Å². The van der Waals surface area contributed by atoms with Crippen LogP contribution in [0.4, 0.5) is 0 Å². The van der Waals surface area contributed by atoms with Crippen molar-refractivity contribution < 1.29 is 52.9 Å². The number of ether oxygens (including phenoxy) is 5. The molecule has 16 heteroatoms. The van der Waals surface area contributed by atoms with Crippen molar-refractivity contribution in [2.45, 2.75) is 116 Å². The number of esters is 2. The molecule has 8 unspecified atom stereocenters. The van der Waals surface area contributed by atoms with Crippen LogP contribution in [0.1, 0.15) is 109 Å². The van der Waals surface area contributed by atoms with Gasteiger partial charge in [0.05, 0.1) is 30.1 Å². The molecule has 0 radical (unpaired) electrons. The molecule has 67 heavy (non-hydrogen) atoms. The second-order valence-corrected chi connectivity index (χ2v) is 20.4. The second kappa shape index (κ2) is 18.1. The third kappa shape index (κ3) is 8.27. The van der Waals surface area contributed by atoms with E-state index >= 15 is 9.59 Å². The number of methoxy groups -OCH3 is 1. The Morgan fingerprint density at radius 2 is 1.67 bits per heavy atom. The van der Waals surface area contributed by atoms with E-state index in [0.717, 1.165) is 11.1 Å². The van der Waals surface area contributed by atoms with Gasteiger partial charge in [0.15, 0.2) is 28.5 Å². The molecule has 3 saturated carbocycles. The normalized spacial score (nSPS) is 29.7. The smallest absolute Gasteiger partial charge is 0.333 e. The third-order valence-corrected chi connectivity index (χ3v) is 14.9. The van der Waals surface area contributed by atoms with E-state index in [1.54, 1.807) is 24.0 Å². The lowest BCUT2D eigenvalue weighted by atomic mass is 9.41. The van der Waals surface area contributed by atoms with Crippen molar-refractivity contribution in [3.8, 4) is 17.2 Å². The first-order valence-corrected chi connectivity index (χ1v) is 23.2. The molecule has 2 saturated heterocycles. The van der Waals surface area contributed by atoms with Crippen LogP contribution >= 0.6 is 0 Å². The number of ketones is 2. The summed E-state index contributed by atoms with van der Waals surface area (Å²) in [6.07, 6.45) is 10.2. The maximum atomic E-state index is 16.5. The number of fused-ring (bicyclic) bond motifs is 2. The van der Waals surface area contributed by atoms with E-state index in [2.05, 4.69) is 22.7 Å². The van der Waals surface area contributed by atoms with E-state index in [9.17, 15) is 19.6 Å². The number of rotatable bonds is 14. The zero-order valence-corrected chi connectivity index (χ0v) is 40.6. The van der Waals surface area contributed by atoms with E-state index in [0.29, 0.717) is 55.9 Å². The molecule has 16 nitrogen and oxygen atoms in total. The topological polar surface area (TPSA) is 223 Å². The fourth-order valence-corrected chi connectivity index (χ4v) is 11.7. The van der Waals surface area contributed by atoms with Crippen molar-refractivity contribution in [3.05, 3.63) is 70.0 Å². The van der Waals surface area contributed by atoms with Crippen LogP contribution in [-0.2, 0) is 35.1 Å². The minimum absolute atomic E-state index is 0.0378. The number of allylic oxidation sites excluding steroid dienone is 4. The minimum Gasteiger partial charge on any atom is -0.482 e. The van der Waals surface area contributed by atoms with Crippen LogP contribution in [0.3, 0.4) is 0 Å². The molecule has 0 aromatic heterocycles. The van der Waals surface area contributed by atoms with Crippen molar-refractivity contribution in [1.82, 2.24) is 9.80 Å². The van der Waals surface area contributed by atoms with Gasteiger partial charge in [-0.3, -0.25) is 19.2 Å². The van der Waals surface area contributed by atoms with Gasteiger partial charge in [-0.2, -0.15) is 0 Å². The summed E-state index contributed by atoms with van der Waals surface area (Å²) in [6, 6.07) is 0. The summed E-state index contributed by atoms with van der Waals surface area (Å²) in [4.78, 5) is 76.5. The molecule has 5 fully saturated rings. The fourth-order valence-electron chi connectivity index (χ4n) is 11.7. The molecule has 8 atom stereocenters. The maximum absolute atomic E-state index is 16.5. The predicted molar refractivity (Wildman–Crippen MR) is 250 cm³/mol. The number of carbonyl (C=O) groups is 5. The Morgan fingerprint density at radius 1 is 1.00 bits per heavy atom. The van der Waals surface area contributed by atoms with E-state index in [4.69, 9.17) is 35.2 Å². The average Bonchev–Trinajstić information content (AvgIpc) is 3.40. The number of oxime groups is 1. The summed E-state index contributed by atoms with van der Waals surface area (Å²) >= 11 is 0. The molecule has 7 aliphatic rings. The zero-order valence-electron chi connectivity index (χ0n) is 40.6. The highest BCUT2D eigenvalue weighted by Crippen LogP contribution is 2.73. The number of carbonyl (C=O) groups excluding carboxylic acids is 5. The van der Waals surface area contributed by atoms with Gasteiger partial charge in [0, 0.05) is 61.3 Å². The van der Waals surface area contributed by atoms with Crippen LogP contribution < -0.4 is 25.7 Å². The minimum atomic E-state index is -1.88. The lowest BCUT2D eigenvalue weighted by Crippen LogP contribution is -2.79. The molecule has 4 bridgehead atoms. The number of hydrogen-bond donors (Lipinski definition) is 3. The summed E-state index contributed by atoms with van der Waals surface area (Å²) in [6.45, 7) is 21.3. The average molecular weight is 926 g/mol. The predicted octanol–water partition coefficient (Wildman–Crippen LogP) is 5.83. The van der Waals surface area contributed by atoms with E-state index < -0.39 is 87.8 Å². The van der Waals surface area contributed by atoms with Gasteiger partial charge in [0.1, 0.15) is 34.9 Å². The molecule has 4 aliphatic heterocycles. The van der Waals surface area contributed by atoms with Gasteiger partial charge in [-0.1, -0.05) is 41.1 Å². The summed E-state index contributed by atoms with van der Waals surface area (Å²) in [5.74, 6) is -8.27. The van der Waals surface area contributed by atoms with E-state index in [1.165, 1.54) is 7.11 Å². The Kier molecular flexibility index (Phi) is 13.3. The van der Waals surface area contributed by atoms with Gasteiger partial charge in [0.25, 0.3) is 0 Å². The lowest BCUT2D eigenvalue weighted by molar-refractivity contribution is -0.213. The highest BCUT2D eigenvalue weighted by atomic mass is 16.6. The Labute approximate surface area is 393 Å². The summed E-state index contributed by atoms with van der Waals surface area (Å²) in [7, 11) is 3.22. The molecular weight excluding hydrogens is 859 g/mol. The number of nitrogens with two attached hydrogens (primary N) is 2. The Balaban J connectivity index is 1.53. The first-order valence-electron chi connectivity index (χ1n) is 23.2. The first-order chi connectivity index (χ1) is 31.5. The molecule has 5 N–H and O–H groups in total. The Bertz CT molecular complexity index is 2430. The van der Waals surface area contributed by atoms with Crippen molar-refractivity contribution in [2.24, 2.45) is 46.2 Å². The number of hydrogen-bond acceptors (Lipinski definition) is 14. The van der Waals surface area contributed by atoms with Gasteiger partial charge in [-0.05, 0) is 106 Å². The number of Topliss-reactive ketones (excluding diaryl/α,β-unsaturated/α-hetero) is 2. The molecule has 4 heterocycles. The quantitative estimate of drug-likeness (QED) is 0.0230. The van der Waals surface area contributed by atoms with Crippen LogP contribution in [0.5, 0.6) is 17.2 Å². The Hall–Kier alpha value is -5.74. The second-order valence-electron chi connectivity index (χ2n) is 20.4. The number of piperazine rings is 1. The van der Waals surface area contributed by atoms with Gasteiger partial charge in [0.2, 0.25) is 5.91 Å². The zero-order chi connectivity index (χ0) is 49.1. The first kappa shape index (κ1) is 49.2. The standard InChI is InChI=1S/C51H67N5O11/c1-27(2)13-12-18-49(9)19-17-32-42(65-49)31(15-14-28(3)4)44-39(43(32)64-36(58)26-35(57)56-23-21-55(10)22-24-56)41(59)40-38(37(30(6)52)46(53)54-62)33-25-34-48(7,8)67-50(45(33)60,51(34,40)66-44)20-16-29(5)47(61)63-11/h13-14,16-17,19,33-34,37-38,40,62H,6,12,15,18,20-26,52H2,1-5,7-11H3,(H2,53,54)/b29-16-. The van der Waals surface area contributed by atoms with Crippen LogP contribution in [0.15, 0.2) is 58.5 Å². The number of amidine groups is 1. The van der Waals surface area contributed by atoms with Crippen LogP contribution in [0.25, 0.3) is 6.08 Å². The molecule has 362 valence electrons. The largest absolute Gasteiger partial charge is 0.482 e. The summed E-state index contributed by atoms with van der Waals surface area (Å²) in [5.41, 5.74) is 10.2. The van der Waals surface area contributed by atoms with Crippen molar-refractivity contribution >= 4 is 41.3 Å². The van der Waals surface area contributed by atoms with Gasteiger partial charge in [-0.15, -0.1) is 0 Å². The van der Waals surface area contributed by atoms with E-state index in [-0.39, 0.29) is 53.4 Å². The highest BCUT2D eigenvalue weighted by Gasteiger charge is 2.86. The van der Waals surface area contributed by atoms with Gasteiger partial charge < -0.3 is 50.2 Å². The van der Waals surface area contributed by atoms with Crippen LogP contribution in [0, 0.1) is 29.6 Å². The van der Waals surface area contributed by atoms with Gasteiger partial charge in [-0.25, -0.2) is 4.79 Å². The number of nitrogens with zero attached hydrogens (tertiary/aromatic N) is 3.